The zero-order valence-electron chi connectivity index (χ0n) is 8.03. The second kappa shape index (κ2) is 3.24. The molecule has 0 spiro atoms. The van der Waals surface area contributed by atoms with Crippen LogP contribution in [0, 0.1) is 0 Å². The lowest BCUT2D eigenvalue weighted by atomic mass is 10.3. The molecule has 13 heavy (non-hydrogen) atoms. The summed E-state index contributed by atoms with van der Waals surface area (Å²) in [6.07, 6.45) is 3.05. The highest BCUT2D eigenvalue weighted by molar-refractivity contribution is 5.93. The first-order chi connectivity index (χ1) is 6.31. The first-order valence-corrected chi connectivity index (χ1v) is 4.63. The molecule has 1 atom stereocenters. The van der Waals surface area contributed by atoms with Crippen LogP contribution in [0.1, 0.15) is 19.0 Å². The van der Waals surface area contributed by atoms with E-state index < -0.39 is 0 Å². The molecule has 3 heteroatoms. The lowest BCUT2D eigenvalue weighted by Crippen LogP contribution is -2.06. The maximum atomic E-state index is 5.51. The van der Waals surface area contributed by atoms with E-state index in [9.17, 15) is 0 Å². The molecule has 70 valence electrons. The standard InChI is InChI=1S/C10H14N2O/c1-3-8-7-13-10(11-8)9-5-4-6-12(9)2/h4-6,8H,3,7H2,1-2H3. The number of rotatable bonds is 2. The average molecular weight is 178 g/mol. The predicted molar refractivity (Wildman–Crippen MR) is 52.0 cm³/mol. The Hall–Kier alpha value is -1.25. The molecule has 0 N–H and O–H groups in total. The molecule has 0 fully saturated rings. The number of hydrogen-bond acceptors (Lipinski definition) is 2. The maximum absolute atomic E-state index is 5.51. The highest BCUT2D eigenvalue weighted by Crippen LogP contribution is 2.13. The molecule has 1 aromatic rings. The molecule has 1 aromatic heterocycles. The van der Waals surface area contributed by atoms with Gasteiger partial charge >= 0.3 is 0 Å². The fraction of sp³-hybridized carbons (Fsp3) is 0.500. The van der Waals surface area contributed by atoms with Crippen molar-refractivity contribution in [2.24, 2.45) is 12.0 Å². The van der Waals surface area contributed by atoms with Gasteiger partial charge in [-0.2, -0.15) is 0 Å². The van der Waals surface area contributed by atoms with Crippen LogP contribution in [-0.4, -0.2) is 23.1 Å². The molecule has 0 amide bonds. The molecule has 1 unspecified atom stereocenters. The van der Waals surface area contributed by atoms with Gasteiger partial charge in [-0.15, -0.1) is 0 Å². The second-order valence-electron chi connectivity index (χ2n) is 3.31. The predicted octanol–water partition coefficient (Wildman–Crippen LogP) is 1.58. The Kier molecular flexibility index (Phi) is 2.08. The van der Waals surface area contributed by atoms with Gasteiger partial charge in [0.25, 0.3) is 0 Å². The molecule has 0 radical (unpaired) electrons. The van der Waals surface area contributed by atoms with Crippen molar-refractivity contribution in [2.75, 3.05) is 6.61 Å². The molecule has 2 rings (SSSR count). The second-order valence-corrected chi connectivity index (χ2v) is 3.31. The van der Waals surface area contributed by atoms with Crippen LogP contribution in [0.25, 0.3) is 0 Å². The van der Waals surface area contributed by atoms with Crippen LogP contribution in [0.15, 0.2) is 23.3 Å². The van der Waals surface area contributed by atoms with E-state index >= 15 is 0 Å². The monoisotopic (exact) mass is 178 g/mol. The van der Waals surface area contributed by atoms with Crippen LogP contribution < -0.4 is 0 Å². The topological polar surface area (TPSA) is 26.5 Å². The smallest absolute Gasteiger partial charge is 0.233 e. The van der Waals surface area contributed by atoms with E-state index in [4.69, 9.17) is 4.74 Å². The minimum atomic E-state index is 0.352. The van der Waals surface area contributed by atoms with E-state index in [1.54, 1.807) is 0 Å². The molecule has 1 aliphatic rings. The van der Waals surface area contributed by atoms with Crippen molar-refractivity contribution in [3.8, 4) is 0 Å². The quantitative estimate of drug-likeness (QED) is 0.675. The molecule has 0 bridgehead atoms. The zero-order valence-corrected chi connectivity index (χ0v) is 8.03. The summed E-state index contributed by atoms with van der Waals surface area (Å²) in [6.45, 7) is 2.86. The number of ether oxygens (including phenoxy) is 1. The Labute approximate surface area is 78.0 Å². The van der Waals surface area contributed by atoms with Crippen LogP contribution >= 0.6 is 0 Å². The van der Waals surface area contributed by atoms with Crippen molar-refractivity contribution in [2.45, 2.75) is 19.4 Å². The molecule has 0 saturated carbocycles. The fourth-order valence-electron chi connectivity index (χ4n) is 1.45. The lowest BCUT2D eigenvalue weighted by Gasteiger charge is -2.01. The number of aryl methyl sites for hydroxylation is 1. The van der Waals surface area contributed by atoms with Gasteiger partial charge in [-0.05, 0) is 18.6 Å². The van der Waals surface area contributed by atoms with Crippen LogP contribution in [0.2, 0.25) is 0 Å². The van der Waals surface area contributed by atoms with E-state index in [0.29, 0.717) is 6.04 Å². The van der Waals surface area contributed by atoms with Gasteiger partial charge in [0.2, 0.25) is 5.90 Å². The molecule has 2 heterocycles. The van der Waals surface area contributed by atoms with Gasteiger partial charge in [0.05, 0.1) is 6.04 Å². The molecular formula is C10H14N2O. The maximum Gasteiger partial charge on any atom is 0.233 e. The Balaban J connectivity index is 2.24. The number of aromatic nitrogens is 1. The van der Waals surface area contributed by atoms with Gasteiger partial charge < -0.3 is 9.30 Å². The van der Waals surface area contributed by atoms with Crippen molar-refractivity contribution in [1.29, 1.82) is 0 Å². The van der Waals surface area contributed by atoms with Crippen molar-refractivity contribution >= 4 is 5.90 Å². The minimum absolute atomic E-state index is 0.352. The first kappa shape index (κ1) is 8.35. The Morgan fingerprint density at radius 2 is 2.54 bits per heavy atom. The van der Waals surface area contributed by atoms with E-state index in [1.165, 1.54) is 0 Å². The summed E-state index contributed by atoms with van der Waals surface area (Å²) in [7, 11) is 2.00. The van der Waals surface area contributed by atoms with Crippen molar-refractivity contribution in [3.63, 3.8) is 0 Å². The first-order valence-electron chi connectivity index (χ1n) is 4.63. The molecule has 0 aromatic carbocycles. The average Bonchev–Trinajstić information content (AvgIpc) is 2.71. The van der Waals surface area contributed by atoms with Gasteiger partial charge in [0.1, 0.15) is 12.3 Å². The number of hydrogen-bond donors (Lipinski definition) is 0. The van der Waals surface area contributed by atoms with Crippen LogP contribution in [-0.2, 0) is 11.8 Å². The third-order valence-corrected chi connectivity index (χ3v) is 2.35. The largest absolute Gasteiger partial charge is 0.474 e. The summed E-state index contributed by atoms with van der Waals surface area (Å²) in [5, 5.41) is 0. The molecule has 0 saturated heterocycles. The molecular weight excluding hydrogens is 164 g/mol. The highest BCUT2D eigenvalue weighted by atomic mass is 16.5. The fourth-order valence-corrected chi connectivity index (χ4v) is 1.45. The van der Waals surface area contributed by atoms with Crippen LogP contribution in [0.5, 0.6) is 0 Å². The van der Waals surface area contributed by atoms with Crippen LogP contribution in [0.4, 0.5) is 0 Å². The summed E-state index contributed by atoms with van der Waals surface area (Å²) < 4.78 is 7.54. The Morgan fingerprint density at radius 3 is 3.08 bits per heavy atom. The summed E-state index contributed by atoms with van der Waals surface area (Å²) in [6, 6.07) is 4.38. The summed E-state index contributed by atoms with van der Waals surface area (Å²) in [5.74, 6) is 0.791. The van der Waals surface area contributed by atoms with Crippen molar-refractivity contribution < 1.29 is 4.74 Å². The van der Waals surface area contributed by atoms with E-state index in [2.05, 4.69) is 11.9 Å². The highest BCUT2D eigenvalue weighted by Gasteiger charge is 2.19. The Morgan fingerprint density at radius 1 is 1.69 bits per heavy atom. The summed E-state index contributed by atoms with van der Waals surface area (Å²) >= 11 is 0. The summed E-state index contributed by atoms with van der Waals surface area (Å²) in [5.41, 5.74) is 1.07. The SMILES string of the molecule is CCC1COC(c2cccn2C)=N1. The summed E-state index contributed by atoms with van der Waals surface area (Å²) in [4.78, 5) is 4.48. The van der Waals surface area contributed by atoms with Crippen molar-refractivity contribution in [3.05, 3.63) is 24.0 Å². The van der Waals surface area contributed by atoms with E-state index in [0.717, 1.165) is 24.6 Å². The van der Waals surface area contributed by atoms with Gasteiger partial charge in [0, 0.05) is 13.2 Å². The third kappa shape index (κ3) is 1.46. The van der Waals surface area contributed by atoms with Crippen molar-refractivity contribution in [1.82, 2.24) is 4.57 Å². The van der Waals surface area contributed by atoms with E-state index in [-0.39, 0.29) is 0 Å². The lowest BCUT2D eigenvalue weighted by molar-refractivity contribution is 0.313. The number of aliphatic imine (C=N–C) groups is 1. The zero-order chi connectivity index (χ0) is 9.26. The van der Waals surface area contributed by atoms with Gasteiger partial charge in [0.15, 0.2) is 0 Å². The Bertz CT molecular complexity index is 327. The van der Waals surface area contributed by atoms with E-state index in [1.807, 2.05) is 29.9 Å². The third-order valence-electron chi connectivity index (χ3n) is 2.35. The van der Waals surface area contributed by atoms with Gasteiger partial charge in [-0.25, -0.2) is 4.99 Å². The molecule has 0 aliphatic carbocycles. The van der Waals surface area contributed by atoms with Gasteiger partial charge in [-0.3, -0.25) is 0 Å². The normalized spacial score (nSPS) is 21.4. The molecule has 1 aliphatic heterocycles. The number of nitrogens with zero attached hydrogens (tertiary/aromatic N) is 2. The van der Waals surface area contributed by atoms with Crippen LogP contribution in [0.3, 0.4) is 0 Å². The minimum Gasteiger partial charge on any atom is -0.474 e. The molecule has 3 nitrogen and oxygen atoms in total. The van der Waals surface area contributed by atoms with Gasteiger partial charge in [-0.1, -0.05) is 6.92 Å².